The van der Waals surface area contributed by atoms with E-state index in [2.05, 4.69) is 29.0 Å². The molecule has 1 aliphatic heterocycles. The van der Waals surface area contributed by atoms with Crippen LogP contribution in [0.15, 0.2) is 79.3 Å². The Balaban J connectivity index is 0.000000188. The second kappa shape index (κ2) is 13.4. The lowest BCUT2D eigenvalue weighted by atomic mass is 10.1. The van der Waals surface area contributed by atoms with Crippen molar-refractivity contribution in [3.8, 4) is 17.0 Å². The molecule has 0 saturated carbocycles. The summed E-state index contributed by atoms with van der Waals surface area (Å²) in [5.74, 6) is 0.847. The maximum atomic E-state index is 11.8. The topological polar surface area (TPSA) is 62.1 Å². The number of rotatable bonds is 4. The fraction of sp³-hybridized carbons (Fsp3) is 0.286. The van der Waals surface area contributed by atoms with Crippen molar-refractivity contribution in [2.24, 2.45) is 0 Å². The Morgan fingerprint density at radius 3 is 2.39 bits per heavy atom. The van der Waals surface area contributed by atoms with Gasteiger partial charge in [0.2, 0.25) is 0 Å². The first-order valence-electron chi connectivity index (χ1n) is 11.9. The van der Waals surface area contributed by atoms with Gasteiger partial charge in [0.05, 0.1) is 24.6 Å². The van der Waals surface area contributed by atoms with Gasteiger partial charge in [-0.2, -0.15) is 12.6 Å². The summed E-state index contributed by atoms with van der Waals surface area (Å²) in [4.78, 5) is 20.2. The van der Waals surface area contributed by atoms with Crippen LogP contribution in [0.3, 0.4) is 0 Å². The van der Waals surface area contributed by atoms with Gasteiger partial charge in [-0.1, -0.05) is 18.2 Å². The predicted molar refractivity (Wildman–Crippen MR) is 153 cm³/mol. The number of fused-ring (bicyclic) bond motifs is 1. The number of nitrogens with zero attached hydrogens (tertiary/aromatic N) is 4. The molecule has 1 N–H and O–H groups in total. The van der Waals surface area contributed by atoms with Gasteiger partial charge in [0, 0.05) is 50.3 Å². The zero-order chi connectivity index (χ0) is 25.9. The third kappa shape index (κ3) is 6.95. The zero-order valence-corrected chi connectivity index (χ0v) is 22.3. The summed E-state index contributed by atoms with van der Waals surface area (Å²) in [5, 5.41) is 2.92. The van der Waals surface area contributed by atoms with Crippen LogP contribution in [-0.2, 0) is 0 Å². The molecule has 5 rings (SSSR count). The summed E-state index contributed by atoms with van der Waals surface area (Å²) >= 11 is 3.53. The van der Waals surface area contributed by atoms with Crippen molar-refractivity contribution in [3.63, 3.8) is 0 Å². The molecular weight excluding hydrogens is 470 g/mol. The highest BCUT2D eigenvalue weighted by Crippen LogP contribution is 2.26. The molecule has 0 bridgehead atoms. The molecule has 2 amide bonds. The molecule has 1 fully saturated rings. The van der Waals surface area contributed by atoms with Crippen LogP contribution in [0.1, 0.15) is 12.8 Å². The van der Waals surface area contributed by atoms with Crippen LogP contribution in [0.25, 0.3) is 16.8 Å². The number of aromatic nitrogens is 2. The maximum Gasteiger partial charge on any atom is 0.321 e. The molecule has 8 heteroatoms. The van der Waals surface area contributed by atoms with E-state index in [4.69, 9.17) is 4.74 Å². The Morgan fingerprint density at radius 1 is 1.00 bits per heavy atom. The number of hydrogen-bond donors (Lipinski definition) is 2. The summed E-state index contributed by atoms with van der Waals surface area (Å²) in [6.45, 7) is 1.75. The first kappa shape index (κ1) is 26.9. The molecule has 2 aromatic heterocycles. The molecule has 36 heavy (non-hydrogen) atoms. The van der Waals surface area contributed by atoms with Gasteiger partial charge in [0.25, 0.3) is 0 Å². The number of thiol groups is 1. The average molecular weight is 506 g/mol. The number of carbonyl (C=O) groups excluding carboxylic acids is 1. The first-order chi connectivity index (χ1) is 17.5. The average Bonchev–Trinajstić information content (AvgIpc) is 3.61. The molecular formula is C28H35N5O2S. The monoisotopic (exact) mass is 505 g/mol. The number of nitrogens with one attached hydrogen (secondary N) is 1. The van der Waals surface area contributed by atoms with E-state index in [-0.39, 0.29) is 6.03 Å². The second-order valence-electron chi connectivity index (χ2n) is 8.38. The van der Waals surface area contributed by atoms with Gasteiger partial charge in [0.15, 0.2) is 0 Å². The van der Waals surface area contributed by atoms with Crippen LogP contribution >= 0.6 is 12.6 Å². The van der Waals surface area contributed by atoms with E-state index in [9.17, 15) is 4.79 Å². The summed E-state index contributed by atoms with van der Waals surface area (Å²) in [6.07, 6.45) is 7.75. The van der Waals surface area contributed by atoms with Crippen molar-refractivity contribution in [1.82, 2.24) is 14.3 Å². The highest BCUT2D eigenvalue weighted by molar-refractivity contribution is 7.79. The normalized spacial score (nSPS) is 12.2. The van der Waals surface area contributed by atoms with Crippen molar-refractivity contribution >= 4 is 35.6 Å². The van der Waals surface area contributed by atoms with E-state index in [1.54, 1.807) is 13.4 Å². The molecule has 4 aromatic rings. The lowest BCUT2D eigenvalue weighted by Gasteiger charge is -2.17. The van der Waals surface area contributed by atoms with E-state index in [1.165, 1.54) is 0 Å². The number of imidazole rings is 1. The van der Waals surface area contributed by atoms with Crippen molar-refractivity contribution in [1.29, 1.82) is 0 Å². The summed E-state index contributed by atoms with van der Waals surface area (Å²) in [6, 6.07) is 21.9. The third-order valence-corrected chi connectivity index (χ3v) is 5.82. The Bertz CT molecular complexity index is 1230. The van der Waals surface area contributed by atoms with Crippen LogP contribution in [-0.4, -0.2) is 60.9 Å². The number of pyridine rings is 1. The van der Waals surface area contributed by atoms with Crippen molar-refractivity contribution in [2.75, 3.05) is 50.8 Å². The van der Waals surface area contributed by atoms with Gasteiger partial charge in [-0.15, -0.1) is 0 Å². The number of carbonyl (C=O) groups is 1. The number of anilines is 2. The highest BCUT2D eigenvalue weighted by atomic mass is 32.1. The fourth-order valence-corrected chi connectivity index (χ4v) is 3.90. The van der Waals surface area contributed by atoms with E-state index in [0.29, 0.717) is 0 Å². The molecule has 190 valence electrons. The Kier molecular flexibility index (Phi) is 10.1. The molecule has 0 aliphatic carbocycles. The maximum absolute atomic E-state index is 11.8. The lowest BCUT2D eigenvalue weighted by Crippen LogP contribution is -2.32. The molecule has 0 radical (unpaired) electrons. The van der Waals surface area contributed by atoms with Crippen LogP contribution in [0.2, 0.25) is 0 Å². The third-order valence-electron chi connectivity index (χ3n) is 5.82. The molecule has 0 spiro atoms. The van der Waals surface area contributed by atoms with Crippen LogP contribution < -0.4 is 15.0 Å². The number of amides is 2. The molecule has 0 unspecified atom stereocenters. The minimum absolute atomic E-state index is 0.0140. The molecule has 2 aromatic carbocycles. The lowest BCUT2D eigenvalue weighted by molar-refractivity contribution is 0.222. The number of urea groups is 1. The van der Waals surface area contributed by atoms with Gasteiger partial charge < -0.3 is 24.3 Å². The number of methoxy groups -OCH3 is 1. The van der Waals surface area contributed by atoms with Gasteiger partial charge in [0.1, 0.15) is 5.75 Å². The molecule has 7 nitrogen and oxygen atoms in total. The minimum atomic E-state index is 0.0140. The summed E-state index contributed by atoms with van der Waals surface area (Å²) in [5.41, 5.74) is 5.12. The SMILES string of the molecule is CN(C)c1ccc(NC(=O)N2CCCC2)cc1.COc1cccc(-c2ncn3ccccc23)c1.CS. The Morgan fingerprint density at radius 2 is 1.72 bits per heavy atom. The van der Waals surface area contributed by atoms with Crippen LogP contribution in [0, 0.1) is 0 Å². The highest BCUT2D eigenvalue weighted by Gasteiger charge is 2.17. The number of benzene rings is 2. The number of ether oxygens (including phenoxy) is 1. The smallest absolute Gasteiger partial charge is 0.321 e. The minimum Gasteiger partial charge on any atom is -0.497 e. The molecule has 1 saturated heterocycles. The van der Waals surface area contributed by atoms with E-state index in [0.717, 1.165) is 59.8 Å². The zero-order valence-electron chi connectivity index (χ0n) is 21.4. The van der Waals surface area contributed by atoms with E-state index < -0.39 is 0 Å². The largest absolute Gasteiger partial charge is 0.497 e. The molecule has 0 atom stereocenters. The fourth-order valence-electron chi connectivity index (χ4n) is 3.90. The summed E-state index contributed by atoms with van der Waals surface area (Å²) in [7, 11) is 5.67. The van der Waals surface area contributed by atoms with Gasteiger partial charge in [-0.05, 0) is 67.6 Å². The van der Waals surface area contributed by atoms with Crippen molar-refractivity contribution in [3.05, 3.63) is 79.3 Å². The van der Waals surface area contributed by atoms with Gasteiger partial charge >= 0.3 is 6.03 Å². The first-order valence-corrected chi connectivity index (χ1v) is 12.8. The quantitative estimate of drug-likeness (QED) is 0.337. The van der Waals surface area contributed by atoms with Crippen LogP contribution in [0.4, 0.5) is 16.2 Å². The number of hydrogen-bond acceptors (Lipinski definition) is 5. The Labute approximate surface area is 219 Å². The van der Waals surface area contributed by atoms with Crippen LogP contribution in [0.5, 0.6) is 5.75 Å². The number of likely N-dealkylation sites (tertiary alicyclic amines) is 1. The van der Waals surface area contributed by atoms with Gasteiger partial charge in [-0.25, -0.2) is 9.78 Å². The molecule has 3 heterocycles. The standard InChI is InChI=1S/C14H12N2O.C13H19N3O.CH4S/c1-17-12-6-4-5-11(9-12)14-13-7-2-3-8-16(13)10-15-14;1-15(2)12-7-5-11(6-8-12)14-13(17)16-9-3-4-10-16;1-2/h2-10H,1H3;5-8H,3-4,9-10H2,1-2H3,(H,14,17);2H,1H3. The second-order valence-corrected chi connectivity index (χ2v) is 8.38. The van der Waals surface area contributed by atoms with Crippen molar-refractivity contribution in [2.45, 2.75) is 12.8 Å². The van der Waals surface area contributed by atoms with E-state index in [1.807, 2.05) is 101 Å². The Hall–Kier alpha value is -3.65. The van der Waals surface area contributed by atoms with E-state index >= 15 is 0 Å². The summed E-state index contributed by atoms with van der Waals surface area (Å²) < 4.78 is 7.24. The van der Waals surface area contributed by atoms with Gasteiger partial charge in [-0.3, -0.25) is 0 Å². The van der Waals surface area contributed by atoms with Crippen molar-refractivity contribution < 1.29 is 9.53 Å². The molecule has 1 aliphatic rings. The predicted octanol–water partition coefficient (Wildman–Crippen LogP) is 5.94.